The smallest absolute Gasteiger partial charge is 0.230 e. The van der Waals surface area contributed by atoms with Gasteiger partial charge in [-0.05, 0) is 31.6 Å². The lowest BCUT2D eigenvalue weighted by molar-refractivity contribution is -0.150. The van der Waals surface area contributed by atoms with Crippen molar-refractivity contribution < 1.29 is 9.90 Å². The molecule has 0 saturated heterocycles. The largest absolute Gasteiger partial charge is 0.395 e. The molecule has 2 aliphatic carbocycles. The predicted octanol–water partition coefficient (Wildman–Crippen LogP) is 1.41. The molecule has 3 heteroatoms. The average molecular weight is 211 g/mol. The molecule has 3 nitrogen and oxygen atoms in total. The van der Waals surface area contributed by atoms with Crippen LogP contribution in [0.1, 0.15) is 38.5 Å². The summed E-state index contributed by atoms with van der Waals surface area (Å²) in [7, 11) is 1.89. The Morgan fingerprint density at radius 1 is 1.40 bits per heavy atom. The van der Waals surface area contributed by atoms with Gasteiger partial charge in [0.05, 0.1) is 12.0 Å². The van der Waals surface area contributed by atoms with Crippen molar-refractivity contribution in [1.82, 2.24) is 4.90 Å². The number of hydrogen-bond donors (Lipinski definition) is 1. The van der Waals surface area contributed by atoms with E-state index in [0.29, 0.717) is 0 Å². The van der Waals surface area contributed by atoms with Crippen LogP contribution in [0.2, 0.25) is 0 Å². The van der Waals surface area contributed by atoms with Crippen molar-refractivity contribution in [2.45, 2.75) is 38.5 Å². The monoisotopic (exact) mass is 211 g/mol. The summed E-state index contributed by atoms with van der Waals surface area (Å²) in [6.07, 6.45) is 6.68. The first kappa shape index (κ1) is 10.9. The first-order chi connectivity index (χ1) is 7.18. The Balaban J connectivity index is 1.87. The van der Waals surface area contributed by atoms with Gasteiger partial charge in [-0.1, -0.05) is 12.8 Å². The lowest BCUT2D eigenvalue weighted by Crippen LogP contribution is -2.50. The molecular weight excluding hydrogens is 190 g/mol. The van der Waals surface area contributed by atoms with Crippen LogP contribution >= 0.6 is 0 Å². The zero-order valence-electron chi connectivity index (χ0n) is 9.54. The fraction of sp³-hybridized carbons (Fsp3) is 0.917. The van der Waals surface area contributed by atoms with Gasteiger partial charge in [0.25, 0.3) is 0 Å². The number of hydrogen-bond acceptors (Lipinski definition) is 2. The molecule has 0 aliphatic heterocycles. The molecule has 2 aliphatic rings. The molecule has 1 N–H and O–H groups in total. The lowest BCUT2D eigenvalue weighted by Gasteiger charge is -2.42. The Kier molecular flexibility index (Phi) is 3.01. The van der Waals surface area contributed by atoms with Crippen molar-refractivity contribution in [1.29, 1.82) is 0 Å². The van der Waals surface area contributed by atoms with E-state index in [0.717, 1.165) is 31.7 Å². The minimum absolute atomic E-state index is 0.0286. The Hall–Kier alpha value is -0.570. The molecule has 2 rings (SSSR count). The van der Waals surface area contributed by atoms with Crippen LogP contribution in [-0.2, 0) is 4.79 Å². The van der Waals surface area contributed by atoms with Crippen LogP contribution in [0.5, 0.6) is 0 Å². The number of nitrogens with zero attached hydrogens (tertiary/aromatic N) is 1. The quantitative estimate of drug-likeness (QED) is 0.763. The zero-order chi connectivity index (χ0) is 10.9. The van der Waals surface area contributed by atoms with E-state index in [1.54, 1.807) is 0 Å². The van der Waals surface area contributed by atoms with Crippen LogP contribution in [0.4, 0.5) is 0 Å². The van der Waals surface area contributed by atoms with Gasteiger partial charge in [-0.25, -0.2) is 0 Å². The second-order valence-electron chi connectivity index (χ2n) is 5.27. The Morgan fingerprint density at radius 2 is 2.07 bits per heavy atom. The first-order valence-corrected chi connectivity index (χ1v) is 6.04. The second-order valence-corrected chi connectivity index (χ2v) is 5.27. The van der Waals surface area contributed by atoms with E-state index in [9.17, 15) is 9.90 Å². The number of aliphatic hydroxyl groups is 1. The third kappa shape index (κ3) is 1.89. The Labute approximate surface area is 91.5 Å². The number of aliphatic hydroxyl groups excluding tert-OH is 1. The summed E-state index contributed by atoms with van der Waals surface area (Å²) in [5.41, 5.74) is -0.404. The molecule has 86 valence electrons. The fourth-order valence-corrected chi connectivity index (χ4v) is 2.59. The summed E-state index contributed by atoms with van der Waals surface area (Å²) in [4.78, 5) is 14.0. The number of carbonyl (C=O) groups is 1. The predicted molar refractivity (Wildman–Crippen MR) is 58.3 cm³/mol. The van der Waals surface area contributed by atoms with Gasteiger partial charge >= 0.3 is 0 Å². The average Bonchev–Trinajstić information content (AvgIpc) is 2.10. The fourth-order valence-electron chi connectivity index (χ4n) is 2.59. The standard InChI is InChI=1S/C12H21NO2/c1-13(8-10-4-2-5-10)11(15)12(9-14)6-3-7-12/h10,14H,2-9H2,1H3. The SMILES string of the molecule is CN(CC1CCC1)C(=O)C1(CO)CCC1. The molecule has 0 radical (unpaired) electrons. The topological polar surface area (TPSA) is 40.5 Å². The van der Waals surface area contributed by atoms with Crippen LogP contribution in [0.25, 0.3) is 0 Å². The van der Waals surface area contributed by atoms with Gasteiger partial charge in [0.2, 0.25) is 5.91 Å². The Morgan fingerprint density at radius 3 is 2.40 bits per heavy atom. The number of carbonyl (C=O) groups excluding carboxylic acids is 1. The van der Waals surface area contributed by atoms with Crippen molar-refractivity contribution in [2.24, 2.45) is 11.3 Å². The summed E-state index contributed by atoms with van der Waals surface area (Å²) < 4.78 is 0. The highest BCUT2D eigenvalue weighted by Gasteiger charge is 2.45. The molecule has 0 unspecified atom stereocenters. The summed E-state index contributed by atoms with van der Waals surface area (Å²) in [5.74, 6) is 0.887. The van der Waals surface area contributed by atoms with E-state index in [1.807, 2.05) is 11.9 Å². The number of rotatable bonds is 4. The van der Waals surface area contributed by atoms with Crippen LogP contribution in [0.15, 0.2) is 0 Å². The summed E-state index contributed by atoms with van der Waals surface area (Å²) in [6.45, 7) is 0.918. The van der Waals surface area contributed by atoms with E-state index in [1.165, 1.54) is 19.3 Å². The normalized spacial score (nSPS) is 24.1. The maximum absolute atomic E-state index is 12.1. The third-order valence-corrected chi connectivity index (χ3v) is 4.17. The molecule has 0 bridgehead atoms. The van der Waals surface area contributed by atoms with Crippen LogP contribution in [0, 0.1) is 11.3 Å². The van der Waals surface area contributed by atoms with Gasteiger partial charge in [-0.3, -0.25) is 4.79 Å². The molecule has 0 aromatic carbocycles. The van der Waals surface area contributed by atoms with Gasteiger partial charge in [0.15, 0.2) is 0 Å². The molecule has 2 saturated carbocycles. The van der Waals surface area contributed by atoms with Crippen LogP contribution in [0.3, 0.4) is 0 Å². The van der Waals surface area contributed by atoms with Crippen molar-refractivity contribution >= 4 is 5.91 Å². The molecule has 2 fully saturated rings. The minimum Gasteiger partial charge on any atom is -0.395 e. The van der Waals surface area contributed by atoms with Gasteiger partial charge < -0.3 is 10.0 Å². The molecule has 0 heterocycles. The van der Waals surface area contributed by atoms with Crippen LogP contribution < -0.4 is 0 Å². The van der Waals surface area contributed by atoms with E-state index < -0.39 is 5.41 Å². The summed E-state index contributed by atoms with van der Waals surface area (Å²) in [6, 6.07) is 0. The van der Waals surface area contributed by atoms with Gasteiger partial charge in [0, 0.05) is 13.6 Å². The molecule has 1 amide bonds. The van der Waals surface area contributed by atoms with E-state index in [2.05, 4.69) is 0 Å². The molecule has 0 aromatic heterocycles. The van der Waals surface area contributed by atoms with Crippen molar-refractivity contribution in [3.8, 4) is 0 Å². The maximum Gasteiger partial charge on any atom is 0.230 e. The second kappa shape index (κ2) is 4.12. The molecule has 0 atom stereocenters. The van der Waals surface area contributed by atoms with Crippen LogP contribution in [-0.4, -0.2) is 36.1 Å². The molecule has 0 spiro atoms. The zero-order valence-corrected chi connectivity index (χ0v) is 9.54. The van der Waals surface area contributed by atoms with E-state index in [4.69, 9.17) is 0 Å². The van der Waals surface area contributed by atoms with Gasteiger partial charge in [0.1, 0.15) is 0 Å². The first-order valence-electron chi connectivity index (χ1n) is 6.04. The van der Waals surface area contributed by atoms with Gasteiger partial charge in [-0.2, -0.15) is 0 Å². The third-order valence-electron chi connectivity index (χ3n) is 4.17. The van der Waals surface area contributed by atoms with Crippen molar-refractivity contribution in [2.75, 3.05) is 20.2 Å². The highest BCUT2D eigenvalue weighted by atomic mass is 16.3. The van der Waals surface area contributed by atoms with Crippen molar-refractivity contribution in [3.05, 3.63) is 0 Å². The van der Waals surface area contributed by atoms with E-state index in [-0.39, 0.29) is 12.5 Å². The minimum atomic E-state index is -0.404. The maximum atomic E-state index is 12.1. The molecule has 15 heavy (non-hydrogen) atoms. The van der Waals surface area contributed by atoms with Gasteiger partial charge in [-0.15, -0.1) is 0 Å². The van der Waals surface area contributed by atoms with Crippen molar-refractivity contribution in [3.63, 3.8) is 0 Å². The molecule has 0 aromatic rings. The Bertz CT molecular complexity index is 238. The van der Waals surface area contributed by atoms with E-state index >= 15 is 0 Å². The lowest BCUT2D eigenvalue weighted by atomic mass is 9.68. The highest BCUT2D eigenvalue weighted by Crippen LogP contribution is 2.42. The highest BCUT2D eigenvalue weighted by molar-refractivity contribution is 5.83. The summed E-state index contributed by atoms with van der Waals surface area (Å²) >= 11 is 0. The number of amides is 1. The summed E-state index contributed by atoms with van der Waals surface area (Å²) in [5, 5.41) is 9.31. The molecular formula is C12H21NO2.